The minimum Gasteiger partial charge on any atom is -0.481 e. The Morgan fingerprint density at radius 1 is 1.43 bits per heavy atom. The summed E-state index contributed by atoms with van der Waals surface area (Å²) < 4.78 is 5.14. The fourth-order valence-corrected chi connectivity index (χ4v) is 3.58. The van der Waals surface area contributed by atoms with Crippen LogP contribution in [0.2, 0.25) is 0 Å². The van der Waals surface area contributed by atoms with Gasteiger partial charge in [-0.2, -0.15) is 0 Å². The van der Waals surface area contributed by atoms with Crippen molar-refractivity contribution in [1.29, 1.82) is 0 Å². The van der Waals surface area contributed by atoms with Gasteiger partial charge in [-0.1, -0.05) is 24.1 Å². The third-order valence-corrected chi connectivity index (χ3v) is 5.30. The highest BCUT2D eigenvalue weighted by molar-refractivity contribution is 5.79. The van der Waals surface area contributed by atoms with Gasteiger partial charge in [0.25, 0.3) is 0 Å². The van der Waals surface area contributed by atoms with Gasteiger partial charge in [0, 0.05) is 31.4 Å². The number of pyridine rings is 1. The van der Waals surface area contributed by atoms with E-state index in [1.54, 1.807) is 7.11 Å². The van der Waals surface area contributed by atoms with Gasteiger partial charge in [0.05, 0.1) is 12.5 Å². The quantitative estimate of drug-likeness (QED) is 0.846. The third-order valence-electron chi connectivity index (χ3n) is 5.30. The van der Waals surface area contributed by atoms with Crippen LogP contribution >= 0.6 is 0 Å². The van der Waals surface area contributed by atoms with Gasteiger partial charge < -0.3 is 9.84 Å². The second-order valence-corrected chi connectivity index (χ2v) is 6.55. The van der Waals surface area contributed by atoms with Crippen LogP contribution in [-0.2, 0) is 11.3 Å². The van der Waals surface area contributed by atoms with Crippen LogP contribution in [-0.4, -0.2) is 41.2 Å². The fraction of sp³-hybridized carbons (Fsp3) is 0.556. The Morgan fingerprint density at radius 2 is 2.22 bits per heavy atom. The highest BCUT2D eigenvalue weighted by Crippen LogP contribution is 2.49. The maximum absolute atomic E-state index is 11.6. The molecule has 0 unspecified atom stereocenters. The molecule has 1 aliphatic carbocycles. The second kappa shape index (κ2) is 6.32. The summed E-state index contributed by atoms with van der Waals surface area (Å²) in [6.07, 6.45) is 5.63. The van der Waals surface area contributed by atoms with E-state index in [0.717, 1.165) is 56.6 Å². The summed E-state index contributed by atoms with van der Waals surface area (Å²) >= 11 is 0. The number of aromatic nitrogens is 1. The maximum atomic E-state index is 11.6. The van der Waals surface area contributed by atoms with E-state index in [1.165, 1.54) is 5.56 Å². The molecule has 1 aromatic heterocycles. The summed E-state index contributed by atoms with van der Waals surface area (Å²) in [5.74, 6) is -0.000825. The zero-order valence-corrected chi connectivity index (χ0v) is 13.8. The number of carboxylic acids is 1. The van der Waals surface area contributed by atoms with E-state index >= 15 is 0 Å². The normalized spacial score (nSPS) is 20.5. The van der Waals surface area contributed by atoms with Crippen molar-refractivity contribution in [2.24, 2.45) is 5.41 Å². The topological polar surface area (TPSA) is 62.7 Å². The average molecular weight is 316 g/mol. The predicted octanol–water partition coefficient (Wildman–Crippen LogP) is 2.79. The maximum Gasteiger partial charge on any atom is 0.313 e. The van der Waals surface area contributed by atoms with Crippen LogP contribution in [0.3, 0.4) is 0 Å². The third kappa shape index (κ3) is 2.98. The van der Waals surface area contributed by atoms with Gasteiger partial charge >= 0.3 is 5.97 Å². The SMILES string of the molecule is COc1ccc(CN2CC=C(C3(C(=O)O)CCC3)CC2)c(C)n1. The van der Waals surface area contributed by atoms with Gasteiger partial charge in [-0.15, -0.1) is 0 Å². The summed E-state index contributed by atoms with van der Waals surface area (Å²) in [6, 6.07) is 3.95. The van der Waals surface area contributed by atoms with E-state index in [0.29, 0.717) is 5.88 Å². The molecule has 0 spiro atoms. The second-order valence-electron chi connectivity index (χ2n) is 6.55. The minimum absolute atomic E-state index is 0.552. The number of nitrogens with zero attached hydrogens (tertiary/aromatic N) is 2. The van der Waals surface area contributed by atoms with Gasteiger partial charge in [-0.25, -0.2) is 4.98 Å². The molecule has 1 N–H and O–H groups in total. The van der Waals surface area contributed by atoms with Gasteiger partial charge in [-0.3, -0.25) is 9.69 Å². The Morgan fingerprint density at radius 3 is 2.70 bits per heavy atom. The van der Waals surface area contributed by atoms with E-state index in [-0.39, 0.29) is 0 Å². The Bertz CT molecular complexity index is 635. The monoisotopic (exact) mass is 316 g/mol. The van der Waals surface area contributed by atoms with Crippen molar-refractivity contribution in [1.82, 2.24) is 9.88 Å². The minimum atomic E-state index is -0.640. The van der Waals surface area contributed by atoms with Crippen LogP contribution in [0.25, 0.3) is 0 Å². The van der Waals surface area contributed by atoms with Crippen molar-refractivity contribution in [2.75, 3.05) is 20.2 Å². The Labute approximate surface area is 137 Å². The smallest absolute Gasteiger partial charge is 0.313 e. The lowest BCUT2D eigenvalue weighted by Gasteiger charge is -2.42. The molecule has 3 rings (SSSR count). The van der Waals surface area contributed by atoms with Crippen molar-refractivity contribution in [3.63, 3.8) is 0 Å². The molecule has 0 radical (unpaired) electrons. The lowest BCUT2D eigenvalue weighted by molar-refractivity contribution is -0.151. The van der Waals surface area contributed by atoms with E-state index in [4.69, 9.17) is 4.74 Å². The van der Waals surface area contributed by atoms with Crippen LogP contribution in [0.5, 0.6) is 5.88 Å². The summed E-state index contributed by atoms with van der Waals surface area (Å²) in [4.78, 5) is 18.4. The first-order valence-electron chi connectivity index (χ1n) is 8.21. The molecule has 0 atom stereocenters. The first-order valence-corrected chi connectivity index (χ1v) is 8.21. The zero-order chi connectivity index (χ0) is 16.4. The number of aryl methyl sites for hydroxylation is 1. The van der Waals surface area contributed by atoms with Gasteiger partial charge in [0.2, 0.25) is 5.88 Å². The number of carboxylic acid groups (broad SMARTS) is 1. The van der Waals surface area contributed by atoms with Crippen LogP contribution in [0.4, 0.5) is 0 Å². The molecular formula is C18H24N2O3. The lowest BCUT2D eigenvalue weighted by atomic mass is 9.62. The van der Waals surface area contributed by atoms with Crippen LogP contribution in [0.15, 0.2) is 23.8 Å². The van der Waals surface area contributed by atoms with Crippen LogP contribution in [0.1, 0.15) is 36.9 Å². The molecule has 5 nitrogen and oxygen atoms in total. The number of hydrogen-bond acceptors (Lipinski definition) is 4. The number of carbonyl (C=O) groups is 1. The number of methoxy groups -OCH3 is 1. The highest BCUT2D eigenvalue weighted by Gasteiger charge is 2.47. The van der Waals surface area contributed by atoms with Crippen molar-refractivity contribution in [3.8, 4) is 5.88 Å². The number of ether oxygens (including phenoxy) is 1. The summed E-state index contributed by atoms with van der Waals surface area (Å²) in [6.45, 7) is 4.56. The van der Waals surface area contributed by atoms with Gasteiger partial charge in [-0.05, 0) is 31.7 Å². The molecule has 1 saturated carbocycles. The van der Waals surface area contributed by atoms with Crippen LogP contribution in [0, 0.1) is 12.3 Å². The summed E-state index contributed by atoms with van der Waals surface area (Å²) in [5, 5.41) is 9.55. The van der Waals surface area contributed by atoms with Crippen LogP contribution < -0.4 is 4.74 Å². The molecule has 1 aromatic rings. The van der Waals surface area contributed by atoms with Crippen molar-refractivity contribution < 1.29 is 14.6 Å². The number of aliphatic carboxylic acids is 1. The Hall–Kier alpha value is -1.88. The average Bonchev–Trinajstić information content (AvgIpc) is 2.49. The molecule has 0 bridgehead atoms. The zero-order valence-electron chi connectivity index (χ0n) is 13.8. The van der Waals surface area contributed by atoms with E-state index < -0.39 is 11.4 Å². The van der Waals surface area contributed by atoms with Crippen molar-refractivity contribution in [2.45, 2.75) is 39.2 Å². The molecule has 2 heterocycles. The standard InChI is InChI=1S/C18H24N2O3/c1-13-14(4-5-16(19-13)23-2)12-20-10-6-15(7-11-20)18(17(21)22)8-3-9-18/h4-6H,3,7-12H2,1-2H3,(H,21,22). The molecule has 0 saturated heterocycles. The number of rotatable bonds is 5. The molecule has 2 aliphatic rings. The summed E-state index contributed by atoms with van der Waals surface area (Å²) in [5.41, 5.74) is 2.76. The molecule has 1 aliphatic heterocycles. The molecule has 124 valence electrons. The van der Waals surface area contributed by atoms with Crippen molar-refractivity contribution >= 4 is 5.97 Å². The molecule has 1 fully saturated rings. The van der Waals surface area contributed by atoms with E-state index in [2.05, 4.69) is 22.0 Å². The first-order chi connectivity index (χ1) is 11.0. The molecular weight excluding hydrogens is 292 g/mol. The molecule has 23 heavy (non-hydrogen) atoms. The number of hydrogen-bond donors (Lipinski definition) is 1. The van der Waals surface area contributed by atoms with Crippen molar-refractivity contribution in [3.05, 3.63) is 35.0 Å². The molecule has 0 amide bonds. The van der Waals surface area contributed by atoms with E-state index in [1.807, 2.05) is 13.0 Å². The van der Waals surface area contributed by atoms with E-state index in [9.17, 15) is 9.90 Å². The molecule has 5 heteroatoms. The Balaban J connectivity index is 1.66. The highest BCUT2D eigenvalue weighted by atomic mass is 16.5. The summed E-state index contributed by atoms with van der Waals surface area (Å²) in [7, 11) is 1.62. The predicted molar refractivity (Wildman–Crippen MR) is 87.4 cm³/mol. The largest absolute Gasteiger partial charge is 0.481 e. The Kier molecular flexibility index (Phi) is 4.39. The van der Waals surface area contributed by atoms with Gasteiger partial charge in [0.1, 0.15) is 0 Å². The van der Waals surface area contributed by atoms with Gasteiger partial charge in [0.15, 0.2) is 0 Å². The first kappa shape index (κ1) is 16.0. The lowest BCUT2D eigenvalue weighted by Crippen LogP contribution is -2.42. The fourth-order valence-electron chi connectivity index (χ4n) is 3.58. The molecule has 0 aromatic carbocycles.